The summed E-state index contributed by atoms with van der Waals surface area (Å²) >= 11 is 4.99. The Morgan fingerprint density at radius 3 is 2.65 bits per heavy atom. The number of sulfone groups is 1. The molecule has 7 heteroatoms. The molecule has 20 heavy (non-hydrogen) atoms. The molecule has 0 unspecified atom stereocenters. The van der Waals surface area contributed by atoms with Crippen LogP contribution in [0.25, 0.3) is 11.1 Å². The molecule has 0 bridgehead atoms. The number of nitrogens with one attached hydrogen (secondary N) is 1. The van der Waals surface area contributed by atoms with E-state index in [1.54, 1.807) is 0 Å². The van der Waals surface area contributed by atoms with Crippen molar-refractivity contribution in [1.82, 2.24) is 4.98 Å². The molecule has 1 aromatic carbocycles. The van der Waals surface area contributed by atoms with Gasteiger partial charge in [-0.15, -0.1) is 0 Å². The van der Waals surface area contributed by atoms with Gasteiger partial charge in [0.15, 0.2) is 9.84 Å². The van der Waals surface area contributed by atoms with Crippen LogP contribution in [0.3, 0.4) is 0 Å². The second kappa shape index (κ2) is 5.15. The highest BCUT2D eigenvalue weighted by atomic mass is 32.2. The van der Waals surface area contributed by atoms with Gasteiger partial charge in [-0.1, -0.05) is 24.4 Å². The van der Waals surface area contributed by atoms with E-state index in [2.05, 4.69) is 4.98 Å². The second-order valence-corrected chi connectivity index (χ2v) is 6.52. The quantitative estimate of drug-likeness (QED) is 0.866. The lowest BCUT2D eigenvalue weighted by Crippen LogP contribution is -2.04. The maximum atomic E-state index is 13.4. The molecule has 0 aliphatic rings. The van der Waals surface area contributed by atoms with Crippen molar-refractivity contribution in [2.24, 2.45) is 0 Å². The number of nitriles is 1. The van der Waals surface area contributed by atoms with Gasteiger partial charge < -0.3 is 4.98 Å². The van der Waals surface area contributed by atoms with Crippen molar-refractivity contribution in [3.05, 3.63) is 46.5 Å². The first kappa shape index (κ1) is 14.4. The molecule has 2 aromatic rings. The fraction of sp³-hybridized carbons (Fsp3) is 0.0769. The maximum Gasteiger partial charge on any atom is 0.177 e. The van der Waals surface area contributed by atoms with Gasteiger partial charge >= 0.3 is 0 Å². The Morgan fingerprint density at radius 2 is 2.10 bits per heavy atom. The van der Waals surface area contributed by atoms with Crippen molar-refractivity contribution in [3.63, 3.8) is 0 Å². The third-order valence-corrected chi connectivity index (χ3v) is 4.13. The van der Waals surface area contributed by atoms with Gasteiger partial charge in [-0.25, -0.2) is 12.8 Å². The highest BCUT2D eigenvalue weighted by Crippen LogP contribution is 2.30. The zero-order valence-corrected chi connectivity index (χ0v) is 12.0. The Morgan fingerprint density at radius 1 is 1.40 bits per heavy atom. The normalized spacial score (nSPS) is 11.1. The minimum absolute atomic E-state index is 0.00789. The molecule has 1 heterocycles. The van der Waals surface area contributed by atoms with E-state index in [0.29, 0.717) is 5.56 Å². The van der Waals surface area contributed by atoms with Gasteiger partial charge in [0.25, 0.3) is 0 Å². The van der Waals surface area contributed by atoms with E-state index in [-0.39, 0.29) is 20.7 Å². The average Bonchev–Trinajstić information content (AvgIpc) is 2.36. The molecule has 102 valence electrons. The molecular formula is C13H9FN2O2S2. The summed E-state index contributed by atoms with van der Waals surface area (Å²) in [4.78, 5) is 2.48. The van der Waals surface area contributed by atoms with Gasteiger partial charge in [-0.2, -0.15) is 5.26 Å². The maximum absolute atomic E-state index is 13.4. The predicted molar refractivity (Wildman–Crippen MR) is 74.8 cm³/mol. The molecule has 0 amide bonds. The van der Waals surface area contributed by atoms with Crippen LogP contribution in [-0.2, 0) is 9.84 Å². The van der Waals surface area contributed by atoms with E-state index in [1.807, 2.05) is 6.07 Å². The summed E-state index contributed by atoms with van der Waals surface area (Å²) in [5.74, 6) is -0.524. The third-order valence-electron chi connectivity index (χ3n) is 2.68. The van der Waals surface area contributed by atoms with Crippen LogP contribution in [-0.4, -0.2) is 19.7 Å². The number of halogens is 1. The van der Waals surface area contributed by atoms with E-state index in [0.717, 1.165) is 6.26 Å². The molecule has 2 rings (SSSR count). The summed E-state index contributed by atoms with van der Waals surface area (Å²) in [7, 11) is -3.59. The summed E-state index contributed by atoms with van der Waals surface area (Å²) in [6.45, 7) is 0. The molecule has 0 spiro atoms. The minimum Gasteiger partial charge on any atom is -0.350 e. The van der Waals surface area contributed by atoms with Crippen LogP contribution in [0.5, 0.6) is 0 Å². The molecule has 0 radical (unpaired) electrons. The zero-order chi connectivity index (χ0) is 14.9. The summed E-state index contributed by atoms with van der Waals surface area (Å²) < 4.78 is 37.1. The molecule has 0 aliphatic carbocycles. The first-order chi connectivity index (χ1) is 9.34. The molecule has 1 N–H and O–H groups in total. The average molecular weight is 308 g/mol. The topological polar surface area (TPSA) is 73.7 Å². The first-order valence-electron chi connectivity index (χ1n) is 5.46. The number of benzene rings is 1. The number of pyridine rings is 1. The van der Waals surface area contributed by atoms with Crippen molar-refractivity contribution < 1.29 is 12.8 Å². The van der Waals surface area contributed by atoms with Crippen LogP contribution in [0, 0.1) is 21.8 Å². The fourth-order valence-electron chi connectivity index (χ4n) is 1.84. The molecule has 0 aliphatic heterocycles. The highest BCUT2D eigenvalue weighted by molar-refractivity contribution is 7.90. The van der Waals surface area contributed by atoms with E-state index < -0.39 is 15.7 Å². The number of aromatic amines is 1. The molecule has 0 saturated carbocycles. The summed E-state index contributed by atoms with van der Waals surface area (Å²) in [5.41, 5.74) is 0.425. The molecule has 0 fully saturated rings. The fourth-order valence-corrected chi connectivity index (χ4v) is 2.91. The standard InChI is InChI=1S/C13H9FN2O2S2/c1-20(17,18)11-7-16-13(19)10(6-15)12(11)8-3-2-4-9(14)5-8/h2-5,7H,1H3,(H,16,19). The lowest BCUT2D eigenvalue weighted by molar-refractivity contribution is 0.601. The van der Waals surface area contributed by atoms with Gasteiger partial charge in [0, 0.05) is 18.0 Å². The molecule has 1 aromatic heterocycles. The van der Waals surface area contributed by atoms with Crippen LogP contribution >= 0.6 is 12.2 Å². The Kier molecular flexibility index (Phi) is 3.70. The molecular weight excluding hydrogens is 299 g/mol. The van der Waals surface area contributed by atoms with Crippen molar-refractivity contribution in [2.75, 3.05) is 6.26 Å². The molecule has 4 nitrogen and oxygen atoms in total. The number of H-pyrrole nitrogens is 1. The van der Waals surface area contributed by atoms with E-state index in [1.165, 1.54) is 30.5 Å². The Hall–Kier alpha value is -2.04. The summed E-state index contributed by atoms with van der Waals surface area (Å²) in [5, 5.41) is 9.19. The zero-order valence-electron chi connectivity index (χ0n) is 10.3. The lowest BCUT2D eigenvalue weighted by Gasteiger charge is -2.10. The van der Waals surface area contributed by atoms with Crippen molar-refractivity contribution in [3.8, 4) is 17.2 Å². The van der Waals surface area contributed by atoms with Gasteiger partial charge in [0.1, 0.15) is 16.5 Å². The van der Waals surface area contributed by atoms with E-state index >= 15 is 0 Å². The van der Waals surface area contributed by atoms with Gasteiger partial charge in [0.2, 0.25) is 0 Å². The van der Waals surface area contributed by atoms with Gasteiger partial charge in [-0.05, 0) is 17.7 Å². The van der Waals surface area contributed by atoms with E-state index in [9.17, 15) is 18.1 Å². The third kappa shape index (κ3) is 2.61. The summed E-state index contributed by atoms with van der Waals surface area (Å²) in [6.07, 6.45) is 2.24. The number of hydrogen-bond acceptors (Lipinski definition) is 4. The van der Waals surface area contributed by atoms with Gasteiger partial charge in [0.05, 0.1) is 10.5 Å². The van der Waals surface area contributed by atoms with Crippen LogP contribution in [0.15, 0.2) is 35.4 Å². The number of aromatic nitrogens is 1. The molecule has 0 atom stereocenters. The predicted octanol–water partition coefficient (Wildman–Crippen LogP) is 2.83. The van der Waals surface area contributed by atoms with E-state index in [4.69, 9.17) is 12.2 Å². The Labute approximate surface area is 120 Å². The van der Waals surface area contributed by atoms with Crippen molar-refractivity contribution in [2.45, 2.75) is 4.90 Å². The second-order valence-electron chi connectivity index (χ2n) is 4.13. The molecule has 0 saturated heterocycles. The van der Waals surface area contributed by atoms with Crippen molar-refractivity contribution in [1.29, 1.82) is 5.26 Å². The van der Waals surface area contributed by atoms with Crippen LogP contribution in [0.1, 0.15) is 5.56 Å². The number of nitrogens with zero attached hydrogens (tertiary/aromatic N) is 1. The first-order valence-corrected chi connectivity index (χ1v) is 7.76. The monoisotopic (exact) mass is 308 g/mol. The smallest absolute Gasteiger partial charge is 0.177 e. The lowest BCUT2D eigenvalue weighted by atomic mass is 10.0. The van der Waals surface area contributed by atoms with Gasteiger partial charge in [-0.3, -0.25) is 0 Å². The number of hydrogen-bond donors (Lipinski definition) is 1. The van der Waals surface area contributed by atoms with Crippen LogP contribution < -0.4 is 0 Å². The van der Waals surface area contributed by atoms with Crippen LogP contribution in [0.4, 0.5) is 4.39 Å². The highest BCUT2D eigenvalue weighted by Gasteiger charge is 2.20. The Bertz CT molecular complexity index is 880. The minimum atomic E-state index is -3.59. The Balaban J connectivity index is 2.96. The largest absolute Gasteiger partial charge is 0.350 e. The van der Waals surface area contributed by atoms with Crippen LogP contribution in [0.2, 0.25) is 0 Å². The summed E-state index contributed by atoms with van der Waals surface area (Å²) in [6, 6.07) is 7.25. The van der Waals surface area contributed by atoms with Crippen molar-refractivity contribution >= 4 is 22.1 Å². The SMILES string of the molecule is CS(=O)(=O)c1c[nH]c(=S)c(C#N)c1-c1cccc(F)c1. The number of rotatable bonds is 2.